The van der Waals surface area contributed by atoms with E-state index in [1.54, 1.807) is 30.3 Å². The molecular weight excluding hydrogens is 563 g/mol. The van der Waals surface area contributed by atoms with E-state index in [1.807, 2.05) is 0 Å². The smallest absolute Gasteiger partial charge is 0.380 e. The molecule has 1 heterocycles. The minimum absolute atomic E-state index is 0.166. The number of alkyl halides is 9. The molecule has 39 heavy (non-hydrogen) atoms. The fourth-order valence-corrected chi connectivity index (χ4v) is 5.46. The van der Waals surface area contributed by atoms with Crippen molar-refractivity contribution in [1.29, 1.82) is 0 Å². The fraction of sp³-hybridized carbons (Fsp3) is 0.280. The molecule has 0 saturated heterocycles. The third-order valence-electron chi connectivity index (χ3n) is 6.02. The molecule has 1 unspecified atom stereocenters. The number of anilines is 2. The lowest BCUT2D eigenvalue weighted by Crippen LogP contribution is -2.31. The molecule has 0 spiro atoms. The van der Waals surface area contributed by atoms with Crippen LogP contribution in [-0.2, 0) is 6.54 Å². The number of nitrogens with zero attached hydrogens (tertiary/aromatic N) is 1. The van der Waals surface area contributed by atoms with Gasteiger partial charge in [-0.25, -0.2) is 0 Å². The Hall–Kier alpha value is -3.42. The topological polar surface area (TPSA) is 49.4 Å². The van der Waals surface area contributed by atoms with Gasteiger partial charge < -0.3 is 10.2 Å². The van der Waals surface area contributed by atoms with E-state index in [9.17, 15) is 49.1 Å². The van der Waals surface area contributed by atoms with Crippen LogP contribution in [-0.4, -0.2) is 43.0 Å². The summed E-state index contributed by atoms with van der Waals surface area (Å²) < 4.78 is 123. The maximum absolute atomic E-state index is 13.8. The summed E-state index contributed by atoms with van der Waals surface area (Å²) in [6.07, 6.45) is -15.9. The molecule has 1 N–H and O–H groups in total. The number of carbonyl (C=O) groups excluding carboxylic acids is 2. The molecule has 0 amide bonds. The average Bonchev–Trinajstić information content (AvgIpc) is 2.84. The summed E-state index contributed by atoms with van der Waals surface area (Å²) in [6.45, 7) is -0.186. The van der Waals surface area contributed by atoms with E-state index < -0.39 is 74.2 Å². The van der Waals surface area contributed by atoms with Crippen LogP contribution in [0.3, 0.4) is 0 Å². The van der Waals surface area contributed by atoms with Gasteiger partial charge in [0.25, 0.3) is 11.6 Å². The molecule has 0 aliphatic carbocycles. The Morgan fingerprint density at radius 1 is 0.897 bits per heavy atom. The Bertz CT molecular complexity index is 1430. The highest BCUT2D eigenvalue weighted by Crippen LogP contribution is 2.53. The van der Waals surface area contributed by atoms with Crippen LogP contribution < -0.4 is 10.2 Å². The molecular formula is C25H17F9N2O2S. The van der Waals surface area contributed by atoms with E-state index in [0.29, 0.717) is 17.3 Å². The zero-order valence-electron chi connectivity index (χ0n) is 19.7. The van der Waals surface area contributed by atoms with Crippen LogP contribution in [0.1, 0.15) is 37.1 Å². The molecule has 4 nitrogen and oxygen atoms in total. The highest BCUT2D eigenvalue weighted by molar-refractivity contribution is 7.99. The van der Waals surface area contributed by atoms with Gasteiger partial charge in [0.2, 0.25) is 0 Å². The highest BCUT2D eigenvalue weighted by Gasteiger charge is 2.48. The Labute approximate surface area is 219 Å². The summed E-state index contributed by atoms with van der Waals surface area (Å²) in [4.78, 5) is 26.0. The number of thioether (sulfide) groups is 1. The maximum Gasteiger partial charge on any atom is 0.454 e. The second-order valence-corrected chi connectivity index (χ2v) is 9.74. The van der Waals surface area contributed by atoms with Crippen molar-refractivity contribution in [1.82, 2.24) is 0 Å². The van der Waals surface area contributed by atoms with Crippen LogP contribution in [0.15, 0.2) is 48.5 Å². The second kappa shape index (κ2) is 9.96. The molecule has 0 radical (unpaired) electrons. The minimum Gasteiger partial charge on any atom is -0.380 e. The van der Waals surface area contributed by atoms with Crippen LogP contribution in [0.2, 0.25) is 0 Å². The van der Waals surface area contributed by atoms with Crippen molar-refractivity contribution >= 4 is 45.5 Å². The summed E-state index contributed by atoms with van der Waals surface area (Å²) >= 11 is 0.448. The molecule has 0 saturated carbocycles. The summed E-state index contributed by atoms with van der Waals surface area (Å²) in [5, 5.41) is -0.609. The van der Waals surface area contributed by atoms with Gasteiger partial charge in [-0.05, 0) is 17.2 Å². The average molecular weight is 580 g/mol. The lowest BCUT2D eigenvalue weighted by atomic mass is 9.89. The summed E-state index contributed by atoms with van der Waals surface area (Å²) in [5.41, 5.74) is -3.52. The van der Waals surface area contributed by atoms with Crippen molar-refractivity contribution in [2.75, 3.05) is 23.1 Å². The first-order valence-electron chi connectivity index (χ1n) is 11.1. The molecule has 4 rings (SSSR count). The first-order valence-corrected chi connectivity index (χ1v) is 12.1. The van der Waals surface area contributed by atoms with Gasteiger partial charge in [0.05, 0.1) is 22.8 Å². The number of halogens is 9. The Balaban J connectivity index is 2.11. The van der Waals surface area contributed by atoms with Crippen LogP contribution in [0.25, 0.3) is 10.8 Å². The first-order chi connectivity index (χ1) is 18.0. The van der Waals surface area contributed by atoms with Gasteiger partial charge in [0.1, 0.15) is 5.25 Å². The number of Topliss-reactive ketones (excluding diaryl/α,β-unsaturated/α-hetero) is 2. The zero-order valence-corrected chi connectivity index (χ0v) is 20.5. The van der Waals surface area contributed by atoms with Crippen LogP contribution in [0.5, 0.6) is 0 Å². The summed E-state index contributed by atoms with van der Waals surface area (Å²) in [6, 6.07) is 10.1. The van der Waals surface area contributed by atoms with Gasteiger partial charge in [0, 0.05) is 29.9 Å². The van der Waals surface area contributed by atoms with Gasteiger partial charge >= 0.3 is 18.5 Å². The van der Waals surface area contributed by atoms with Crippen molar-refractivity contribution in [3.63, 3.8) is 0 Å². The quantitative estimate of drug-likeness (QED) is 0.248. The van der Waals surface area contributed by atoms with Crippen molar-refractivity contribution in [2.45, 2.75) is 30.3 Å². The number of rotatable bonds is 5. The van der Waals surface area contributed by atoms with Gasteiger partial charge in [0.15, 0.2) is 0 Å². The minimum atomic E-state index is -5.60. The number of fused-ring (bicyclic) bond motifs is 3. The Kier molecular flexibility index (Phi) is 7.30. The van der Waals surface area contributed by atoms with E-state index in [2.05, 4.69) is 5.32 Å². The zero-order chi connectivity index (χ0) is 28.9. The number of carbonyl (C=O) groups is 2. The number of nitrogens with one attached hydrogen (secondary N) is 1. The first kappa shape index (κ1) is 28.6. The number of hydrogen-bond acceptors (Lipinski definition) is 5. The highest BCUT2D eigenvalue weighted by atomic mass is 32.2. The normalized spacial score (nSPS) is 16.3. The van der Waals surface area contributed by atoms with Gasteiger partial charge in [-0.1, -0.05) is 42.5 Å². The van der Waals surface area contributed by atoms with Crippen LogP contribution in [0, 0.1) is 0 Å². The standard InChI is InChI=1S/C25H17F9N2O2S/c1-36-11-39-22(25(32,33)34)14-8-7-13-17(19(14)36)15(20(37)23(26,27)28)9-16(21(38)24(29,30)31)18(13)35-10-12-5-3-2-4-6-12/h2-9,22,35H,10-11H2,1H3. The third-order valence-corrected chi connectivity index (χ3v) is 7.41. The predicted octanol–water partition coefficient (Wildman–Crippen LogP) is 7.69. The molecule has 3 aromatic rings. The summed E-state index contributed by atoms with van der Waals surface area (Å²) in [5.74, 6) is -5.46. The van der Waals surface area contributed by atoms with Crippen molar-refractivity contribution in [2.24, 2.45) is 0 Å². The molecule has 1 aliphatic heterocycles. The largest absolute Gasteiger partial charge is 0.454 e. The van der Waals surface area contributed by atoms with Gasteiger partial charge in [-0.15, -0.1) is 11.8 Å². The van der Waals surface area contributed by atoms with E-state index in [1.165, 1.54) is 11.9 Å². The predicted molar refractivity (Wildman–Crippen MR) is 128 cm³/mol. The molecule has 208 valence electrons. The molecule has 1 atom stereocenters. The number of ketones is 2. The lowest BCUT2D eigenvalue weighted by Gasteiger charge is -2.35. The van der Waals surface area contributed by atoms with E-state index in [0.717, 1.165) is 12.1 Å². The molecule has 0 fully saturated rings. The van der Waals surface area contributed by atoms with Gasteiger partial charge in [-0.3, -0.25) is 9.59 Å². The molecule has 14 heteroatoms. The van der Waals surface area contributed by atoms with Crippen LogP contribution in [0.4, 0.5) is 50.9 Å². The fourth-order valence-electron chi connectivity index (χ4n) is 4.40. The second-order valence-electron chi connectivity index (χ2n) is 8.68. The molecule has 1 aliphatic rings. The number of benzene rings is 3. The summed E-state index contributed by atoms with van der Waals surface area (Å²) in [7, 11) is 1.28. The lowest BCUT2D eigenvalue weighted by molar-refractivity contribution is -0.129. The molecule has 3 aromatic carbocycles. The Morgan fingerprint density at radius 3 is 2.05 bits per heavy atom. The van der Waals surface area contributed by atoms with Crippen molar-refractivity contribution in [3.05, 3.63) is 70.8 Å². The molecule has 0 bridgehead atoms. The van der Waals surface area contributed by atoms with E-state index in [4.69, 9.17) is 0 Å². The van der Waals surface area contributed by atoms with Gasteiger partial charge in [-0.2, -0.15) is 39.5 Å². The Morgan fingerprint density at radius 2 is 1.49 bits per heavy atom. The molecule has 0 aromatic heterocycles. The van der Waals surface area contributed by atoms with Crippen molar-refractivity contribution < 1.29 is 49.1 Å². The monoisotopic (exact) mass is 580 g/mol. The number of hydrogen-bond donors (Lipinski definition) is 1. The SMILES string of the molecule is CN1CSC(C(F)(F)F)c2ccc3c(NCc4ccccc4)c(C(=O)C(F)(F)F)cc(C(=O)C(F)(F)F)c3c21. The maximum atomic E-state index is 13.8. The van der Waals surface area contributed by atoms with E-state index >= 15 is 0 Å². The third kappa shape index (κ3) is 5.52. The van der Waals surface area contributed by atoms with E-state index in [-0.39, 0.29) is 18.5 Å². The van der Waals surface area contributed by atoms with Crippen LogP contribution >= 0.6 is 11.8 Å². The van der Waals surface area contributed by atoms with Crippen molar-refractivity contribution in [3.8, 4) is 0 Å².